The van der Waals surface area contributed by atoms with Crippen LogP contribution in [0.25, 0.3) is 0 Å². The van der Waals surface area contributed by atoms with E-state index in [4.69, 9.17) is 4.74 Å². The molecule has 0 aliphatic carbocycles. The number of ether oxygens (including phenoxy) is 1. The van der Waals surface area contributed by atoms with Crippen LogP contribution in [0.3, 0.4) is 0 Å². The van der Waals surface area contributed by atoms with E-state index in [-0.39, 0.29) is 12.4 Å². The maximum Gasteiger partial charge on any atom is 0.202 e. The van der Waals surface area contributed by atoms with Gasteiger partial charge >= 0.3 is 0 Å². The summed E-state index contributed by atoms with van der Waals surface area (Å²) in [6, 6.07) is 7.54. The lowest BCUT2D eigenvalue weighted by Gasteiger charge is -2.08. The van der Waals surface area contributed by atoms with E-state index in [9.17, 15) is 4.79 Å². The van der Waals surface area contributed by atoms with Gasteiger partial charge in [0, 0.05) is 28.0 Å². The molecule has 0 bridgehead atoms. The Morgan fingerprint density at radius 3 is 2.52 bits per heavy atom. The second kappa shape index (κ2) is 6.79. The SMILES string of the molecule is CCn1c(C)cc(C(=O)COc2ccc(Br)cc2Br)c1C. The third-order valence-corrected chi connectivity index (χ3v) is 4.56. The summed E-state index contributed by atoms with van der Waals surface area (Å²) >= 11 is 6.81. The molecule has 0 saturated heterocycles. The van der Waals surface area contributed by atoms with E-state index in [1.807, 2.05) is 38.1 Å². The number of hydrogen-bond donors (Lipinski definition) is 0. The van der Waals surface area contributed by atoms with Crippen LogP contribution in [0, 0.1) is 13.8 Å². The summed E-state index contributed by atoms with van der Waals surface area (Å²) < 4.78 is 9.53. The second-order valence-electron chi connectivity index (χ2n) is 4.82. The number of halogens is 2. The number of carbonyl (C=O) groups excluding carboxylic acids is 1. The van der Waals surface area contributed by atoms with Crippen molar-refractivity contribution in [1.82, 2.24) is 4.57 Å². The number of hydrogen-bond acceptors (Lipinski definition) is 2. The third-order valence-electron chi connectivity index (χ3n) is 3.44. The summed E-state index contributed by atoms with van der Waals surface area (Å²) in [4.78, 5) is 12.3. The quantitative estimate of drug-likeness (QED) is 0.650. The molecule has 0 saturated carbocycles. The minimum Gasteiger partial charge on any atom is -0.484 e. The summed E-state index contributed by atoms with van der Waals surface area (Å²) in [6.07, 6.45) is 0. The molecule has 1 aromatic heterocycles. The first-order valence-electron chi connectivity index (χ1n) is 6.71. The molecule has 0 fully saturated rings. The summed E-state index contributed by atoms with van der Waals surface area (Å²) in [5, 5.41) is 0. The molecule has 1 heterocycles. The van der Waals surface area contributed by atoms with E-state index in [0.29, 0.717) is 5.75 Å². The van der Waals surface area contributed by atoms with Crippen LogP contribution in [0.4, 0.5) is 0 Å². The monoisotopic (exact) mass is 413 g/mol. The maximum atomic E-state index is 12.3. The summed E-state index contributed by atoms with van der Waals surface area (Å²) in [6.45, 7) is 6.96. The Morgan fingerprint density at radius 2 is 1.95 bits per heavy atom. The molecule has 1 aromatic carbocycles. The van der Waals surface area contributed by atoms with Crippen LogP contribution in [-0.2, 0) is 6.54 Å². The summed E-state index contributed by atoms with van der Waals surface area (Å²) in [5.74, 6) is 0.661. The number of ketones is 1. The molecule has 3 nitrogen and oxygen atoms in total. The van der Waals surface area contributed by atoms with Crippen LogP contribution in [0.1, 0.15) is 28.7 Å². The Kier molecular flexibility index (Phi) is 5.27. The number of nitrogens with zero attached hydrogens (tertiary/aromatic N) is 1. The highest BCUT2D eigenvalue weighted by Gasteiger charge is 2.16. The molecule has 0 radical (unpaired) electrons. The fourth-order valence-electron chi connectivity index (χ4n) is 2.38. The molecule has 0 amide bonds. The molecule has 0 aliphatic rings. The van der Waals surface area contributed by atoms with Gasteiger partial charge in [-0.3, -0.25) is 4.79 Å². The number of aromatic nitrogens is 1. The third kappa shape index (κ3) is 3.58. The van der Waals surface area contributed by atoms with Crippen molar-refractivity contribution in [1.29, 1.82) is 0 Å². The highest BCUT2D eigenvalue weighted by atomic mass is 79.9. The maximum absolute atomic E-state index is 12.3. The zero-order valence-electron chi connectivity index (χ0n) is 12.2. The van der Waals surface area contributed by atoms with Gasteiger partial charge in [-0.1, -0.05) is 15.9 Å². The van der Waals surface area contributed by atoms with E-state index in [2.05, 4.69) is 43.4 Å². The van der Waals surface area contributed by atoms with E-state index in [1.165, 1.54) is 0 Å². The van der Waals surface area contributed by atoms with E-state index < -0.39 is 0 Å². The molecular weight excluding hydrogens is 398 g/mol. The zero-order chi connectivity index (χ0) is 15.6. The van der Waals surface area contributed by atoms with Crippen molar-refractivity contribution in [3.05, 3.63) is 50.2 Å². The van der Waals surface area contributed by atoms with Crippen LogP contribution < -0.4 is 4.74 Å². The highest BCUT2D eigenvalue weighted by molar-refractivity contribution is 9.11. The van der Waals surface area contributed by atoms with E-state index in [0.717, 1.165) is 32.4 Å². The Bertz CT molecular complexity index is 677. The number of benzene rings is 1. The first-order valence-corrected chi connectivity index (χ1v) is 8.30. The van der Waals surface area contributed by atoms with Gasteiger partial charge in [0.15, 0.2) is 6.61 Å². The molecule has 2 rings (SSSR count). The van der Waals surface area contributed by atoms with Crippen molar-refractivity contribution in [2.75, 3.05) is 6.61 Å². The number of aryl methyl sites for hydroxylation is 1. The van der Waals surface area contributed by atoms with Gasteiger partial charge in [0.2, 0.25) is 5.78 Å². The first-order chi connectivity index (χ1) is 9.93. The van der Waals surface area contributed by atoms with Gasteiger partial charge in [-0.05, 0) is 61.0 Å². The van der Waals surface area contributed by atoms with E-state index in [1.54, 1.807) is 0 Å². The normalized spacial score (nSPS) is 10.7. The van der Waals surface area contributed by atoms with Crippen molar-refractivity contribution < 1.29 is 9.53 Å². The van der Waals surface area contributed by atoms with Gasteiger partial charge in [-0.2, -0.15) is 0 Å². The average Bonchev–Trinajstić information content (AvgIpc) is 2.72. The lowest BCUT2D eigenvalue weighted by atomic mass is 10.1. The predicted molar refractivity (Wildman–Crippen MR) is 91.2 cm³/mol. The van der Waals surface area contributed by atoms with Crippen LogP contribution >= 0.6 is 31.9 Å². The van der Waals surface area contributed by atoms with Gasteiger partial charge < -0.3 is 9.30 Å². The topological polar surface area (TPSA) is 31.2 Å². The summed E-state index contributed by atoms with van der Waals surface area (Å²) in [7, 11) is 0. The highest BCUT2D eigenvalue weighted by Crippen LogP contribution is 2.28. The number of rotatable bonds is 5. The van der Waals surface area contributed by atoms with Gasteiger partial charge in [-0.25, -0.2) is 0 Å². The molecular formula is C16H17Br2NO2. The van der Waals surface area contributed by atoms with Crippen molar-refractivity contribution in [3.8, 4) is 5.75 Å². The smallest absolute Gasteiger partial charge is 0.202 e. The van der Waals surface area contributed by atoms with Gasteiger partial charge in [0.1, 0.15) is 5.75 Å². The van der Waals surface area contributed by atoms with Crippen molar-refractivity contribution in [2.24, 2.45) is 0 Å². The lowest BCUT2D eigenvalue weighted by molar-refractivity contribution is 0.0920. The Hall–Kier alpha value is -1.07. The van der Waals surface area contributed by atoms with E-state index >= 15 is 0 Å². The Labute approximate surface area is 141 Å². The van der Waals surface area contributed by atoms with Gasteiger partial charge in [0.05, 0.1) is 4.47 Å². The molecule has 0 atom stereocenters. The standard InChI is InChI=1S/C16H17Br2NO2/c1-4-19-10(2)7-13(11(19)3)15(20)9-21-16-6-5-12(17)8-14(16)18/h5-8H,4,9H2,1-3H3. The fourth-order valence-corrected chi connectivity index (χ4v) is 3.54. The van der Waals surface area contributed by atoms with Crippen LogP contribution in [0.15, 0.2) is 33.2 Å². The zero-order valence-corrected chi connectivity index (χ0v) is 15.4. The molecule has 112 valence electrons. The largest absolute Gasteiger partial charge is 0.484 e. The second-order valence-corrected chi connectivity index (χ2v) is 6.59. The number of Topliss-reactive ketones (excluding diaryl/α,β-unsaturated/α-hetero) is 1. The molecule has 21 heavy (non-hydrogen) atoms. The first kappa shape index (κ1) is 16.3. The molecule has 0 unspecified atom stereocenters. The molecule has 0 N–H and O–H groups in total. The lowest BCUT2D eigenvalue weighted by Crippen LogP contribution is -2.13. The minimum absolute atomic E-state index is 0.00220. The minimum atomic E-state index is -0.00220. The fraction of sp³-hybridized carbons (Fsp3) is 0.312. The number of carbonyl (C=O) groups is 1. The van der Waals surface area contributed by atoms with Crippen LogP contribution in [-0.4, -0.2) is 17.0 Å². The van der Waals surface area contributed by atoms with Gasteiger partial charge in [0.25, 0.3) is 0 Å². The predicted octanol–water partition coefficient (Wildman–Crippen LogP) is 4.91. The molecule has 2 aromatic rings. The van der Waals surface area contributed by atoms with Crippen LogP contribution in [0.2, 0.25) is 0 Å². The summed E-state index contributed by atoms with van der Waals surface area (Å²) in [5.41, 5.74) is 2.84. The Balaban J connectivity index is 2.12. The Morgan fingerprint density at radius 1 is 1.24 bits per heavy atom. The molecule has 5 heteroatoms. The van der Waals surface area contributed by atoms with Crippen molar-refractivity contribution in [3.63, 3.8) is 0 Å². The van der Waals surface area contributed by atoms with Crippen molar-refractivity contribution in [2.45, 2.75) is 27.3 Å². The molecule has 0 aliphatic heterocycles. The average molecular weight is 415 g/mol. The molecule has 0 spiro atoms. The van der Waals surface area contributed by atoms with Crippen LogP contribution in [0.5, 0.6) is 5.75 Å². The van der Waals surface area contributed by atoms with Crippen molar-refractivity contribution >= 4 is 37.6 Å². The van der Waals surface area contributed by atoms with Gasteiger partial charge in [-0.15, -0.1) is 0 Å².